The molecule has 0 bridgehead atoms. The van der Waals surface area contributed by atoms with Gasteiger partial charge in [-0.3, -0.25) is 20.0 Å². The van der Waals surface area contributed by atoms with Gasteiger partial charge < -0.3 is 20.5 Å². The molecule has 2 aromatic heterocycles. The lowest BCUT2D eigenvalue weighted by atomic mass is 9.94. The van der Waals surface area contributed by atoms with Gasteiger partial charge in [0.25, 0.3) is 5.91 Å². The number of carbonyl (C=O) groups excluding carboxylic acids is 2. The summed E-state index contributed by atoms with van der Waals surface area (Å²) in [6.07, 6.45) is 2.64. The molecule has 3 aliphatic rings. The van der Waals surface area contributed by atoms with E-state index in [1.54, 1.807) is 6.92 Å². The average Bonchev–Trinajstić information content (AvgIpc) is 3.65. The fourth-order valence-corrected chi connectivity index (χ4v) is 6.90. The van der Waals surface area contributed by atoms with Crippen molar-refractivity contribution in [2.45, 2.75) is 50.4 Å². The number of phenolic OH excluding ortho intramolecular Hbond substituents is 1. The van der Waals surface area contributed by atoms with E-state index in [2.05, 4.69) is 35.8 Å². The number of pyridine rings is 1. The van der Waals surface area contributed by atoms with Crippen LogP contribution in [0.5, 0.6) is 11.8 Å². The molecule has 45 heavy (non-hydrogen) atoms. The maximum Gasteiger partial charge on any atom is 0.322 e. The van der Waals surface area contributed by atoms with E-state index in [9.17, 15) is 23.5 Å². The number of hydrogen-bond acceptors (Lipinski definition) is 9. The van der Waals surface area contributed by atoms with E-state index in [0.29, 0.717) is 35.7 Å². The van der Waals surface area contributed by atoms with Crippen LogP contribution in [0, 0.1) is 11.6 Å². The van der Waals surface area contributed by atoms with Crippen LogP contribution in [0.1, 0.15) is 31.7 Å². The van der Waals surface area contributed by atoms with E-state index in [4.69, 9.17) is 4.74 Å². The van der Waals surface area contributed by atoms with Crippen molar-refractivity contribution in [2.75, 3.05) is 31.6 Å². The van der Waals surface area contributed by atoms with Crippen LogP contribution in [-0.2, 0) is 11.2 Å². The van der Waals surface area contributed by atoms with Gasteiger partial charge in [0.2, 0.25) is 0 Å². The summed E-state index contributed by atoms with van der Waals surface area (Å²) in [6, 6.07) is 3.90. The number of aryl methyl sites for hydroxylation is 1. The van der Waals surface area contributed by atoms with Crippen LogP contribution < -0.4 is 20.7 Å². The Morgan fingerprint density at radius 1 is 1.22 bits per heavy atom. The lowest BCUT2D eigenvalue weighted by molar-refractivity contribution is -0.119. The van der Waals surface area contributed by atoms with Crippen LogP contribution in [0.25, 0.3) is 32.9 Å². The van der Waals surface area contributed by atoms with Crippen LogP contribution >= 0.6 is 0 Å². The van der Waals surface area contributed by atoms with Gasteiger partial charge in [0.1, 0.15) is 47.4 Å². The molecule has 4 N–H and O–H groups in total. The molecular weight excluding hydrogens is 591 g/mol. The molecule has 3 amide bonds. The van der Waals surface area contributed by atoms with Gasteiger partial charge in [-0.2, -0.15) is 9.97 Å². The highest BCUT2D eigenvalue weighted by Crippen LogP contribution is 2.41. The normalized spacial score (nSPS) is 23.0. The Kier molecular flexibility index (Phi) is 7.10. The third-order valence-corrected chi connectivity index (χ3v) is 8.99. The molecule has 3 fully saturated rings. The van der Waals surface area contributed by atoms with Crippen LogP contribution in [0.4, 0.5) is 23.8 Å². The minimum atomic E-state index is -0.975. The number of rotatable bonds is 8. The Labute approximate surface area is 255 Å². The highest BCUT2D eigenvalue weighted by Gasteiger charge is 2.49. The molecule has 7 rings (SSSR count). The van der Waals surface area contributed by atoms with E-state index < -0.39 is 41.3 Å². The van der Waals surface area contributed by atoms with Crippen LogP contribution in [0.3, 0.4) is 0 Å². The number of halogens is 3. The first kappa shape index (κ1) is 29.0. The Morgan fingerprint density at radius 2 is 2.07 bits per heavy atom. The highest BCUT2D eigenvalue weighted by atomic mass is 19.1. The molecule has 0 saturated carbocycles. The van der Waals surface area contributed by atoms with Crippen molar-refractivity contribution >= 4 is 39.4 Å². The number of hydrogen-bond donors (Lipinski definition) is 4. The van der Waals surface area contributed by atoms with E-state index in [0.717, 1.165) is 19.4 Å². The highest BCUT2D eigenvalue weighted by molar-refractivity contribution is 6.05. The fraction of sp³-hybridized carbons (Fsp3) is 0.387. The number of alkyl halides is 1. The monoisotopic (exact) mass is 621 g/mol. The molecule has 234 valence electrons. The zero-order valence-corrected chi connectivity index (χ0v) is 24.3. The fourth-order valence-electron chi connectivity index (χ4n) is 6.90. The quantitative estimate of drug-likeness (QED) is 0.215. The van der Waals surface area contributed by atoms with Crippen LogP contribution in [-0.4, -0.2) is 80.9 Å². The second-order valence-corrected chi connectivity index (χ2v) is 11.8. The topological polar surface area (TPSA) is 142 Å². The standard InChI is InChI=1S/C31H30F3N7O4/c1-2-18-21(33)5-4-15-8-17(42)9-19(23(15)18)25-24(34)26-20(11-35-25)27(36-12-22-28(43)40-29(44)37-22)39-30(38-26)45-14-31-6-3-7-41(31)13-16(32)10-31/h4-5,8-9,11,16,22,42H,2-3,6-7,10,12-14H2,1H3,(H,36,38,39)(H2,37,40,43,44)/t16-,22?,31+/m1/s1. The molecule has 1 unspecified atom stereocenters. The molecule has 4 aromatic rings. The number of phenols is 1. The maximum atomic E-state index is 16.6. The molecule has 3 saturated heterocycles. The zero-order chi connectivity index (χ0) is 31.5. The summed E-state index contributed by atoms with van der Waals surface area (Å²) in [7, 11) is 0. The smallest absolute Gasteiger partial charge is 0.322 e. The van der Waals surface area contributed by atoms with Crippen molar-refractivity contribution in [3.63, 3.8) is 0 Å². The lowest BCUT2D eigenvalue weighted by Gasteiger charge is -2.30. The van der Waals surface area contributed by atoms with Gasteiger partial charge in [-0.25, -0.2) is 18.0 Å². The number of benzene rings is 2. The average molecular weight is 622 g/mol. The number of anilines is 1. The van der Waals surface area contributed by atoms with E-state index in [1.165, 1.54) is 30.5 Å². The molecule has 14 heteroatoms. The molecule has 5 heterocycles. The van der Waals surface area contributed by atoms with E-state index in [1.807, 2.05) is 0 Å². The summed E-state index contributed by atoms with van der Waals surface area (Å²) in [5.41, 5.74) is -0.326. The molecule has 2 aromatic carbocycles. The number of aromatic nitrogens is 3. The van der Waals surface area contributed by atoms with Crippen molar-refractivity contribution in [3.8, 4) is 23.0 Å². The van der Waals surface area contributed by atoms with Crippen LogP contribution in [0.2, 0.25) is 0 Å². The summed E-state index contributed by atoms with van der Waals surface area (Å²) in [5, 5.41) is 19.2. The molecule has 0 spiro atoms. The summed E-state index contributed by atoms with van der Waals surface area (Å²) in [4.78, 5) is 39.0. The second-order valence-electron chi connectivity index (χ2n) is 11.8. The molecular formula is C31H30F3N7O4. The number of urea groups is 1. The first-order chi connectivity index (χ1) is 21.7. The van der Waals surface area contributed by atoms with Gasteiger partial charge in [-0.05, 0) is 60.3 Å². The Balaban J connectivity index is 1.33. The Bertz CT molecular complexity index is 1880. The maximum absolute atomic E-state index is 16.6. The summed E-state index contributed by atoms with van der Waals surface area (Å²) in [5.74, 6) is -1.92. The third kappa shape index (κ3) is 5.02. The summed E-state index contributed by atoms with van der Waals surface area (Å²) in [6.45, 7) is 2.87. The second kappa shape index (κ2) is 11.0. The molecule has 11 nitrogen and oxygen atoms in total. The van der Waals surface area contributed by atoms with Gasteiger partial charge in [0, 0.05) is 31.3 Å². The van der Waals surface area contributed by atoms with Crippen molar-refractivity contribution < 1.29 is 32.6 Å². The van der Waals surface area contributed by atoms with Crippen molar-refractivity contribution in [1.29, 1.82) is 0 Å². The number of aromatic hydroxyl groups is 1. The largest absolute Gasteiger partial charge is 0.508 e. The number of nitrogens with one attached hydrogen (secondary N) is 3. The van der Waals surface area contributed by atoms with Gasteiger partial charge in [-0.15, -0.1) is 0 Å². The summed E-state index contributed by atoms with van der Waals surface area (Å²) >= 11 is 0. The molecule has 0 radical (unpaired) electrons. The predicted molar refractivity (Wildman–Crippen MR) is 159 cm³/mol. The minimum Gasteiger partial charge on any atom is -0.508 e. The van der Waals surface area contributed by atoms with Crippen molar-refractivity contribution in [3.05, 3.63) is 47.7 Å². The Morgan fingerprint density at radius 3 is 2.84 bits per heavy atom. The van der Waals surface area contributed by atoms with E-state index >= 15 is 4.39 Å². The van der Waals surface area contributed by atoms with Crippen molar-refractivity contribution in [2.24, 2.45) is 0 Å². The first-order valence-electron chi connectivity index (χ1n) is 14.8. The molecule has 0 aliphatic carbocycles. The third-order valence-electron chi connectivity index (χ3n) is 8.99. The van der Waals surface area contributed by atoms with Gasteiger partial charge in [-0.1, -0.05) is 13.0 Å². The van der Waals surface area contributed by atoms with Crippen molar-refractivity contribution in [1.82, 2.24) is 30.5 Å². The SMILES string of the molecule is CCc1c(F)ccc2cc(O)cc(-c3ncc4c(NCC5NC(=O)NC5=O)nc(OC[C@@]56CCCN5C[C@H](F)C6)nc4c3F)c12. The number of imide groups is 1. The van der Waals surface area contributed by atoms with Gasteiger partial charge in [0.15, 0.2) is 5.82 Å². The lowest BCUT2D eigenvalue weighted by Crippen LogP contribution is -2.43. The van der Waals surface area contributed by atoms with E-state index in [-0.39, 0.29) is 52.9 Å². The summed E-state index contributed by atoms with van der Waals surface area (Å²) < 4.78 is 51.9. The van der Waals surface area contributed by atoms with Gasteiger partial charge >= 0.3 is 12.0 Å². The van der Waals surface area contributed by atoms with Crippen LogP contribution in [0.15, 0.2) is 30.5 Å². The molecule has 3 atom stereocenters. The number of carbonyl (C=O) groups is 2. The Hall–Kier alpha value is -4.72. The number of amides is 3. The zero-order valence-electron chi connectivity index (χ0n) is 24.3. The number of fused-ring (bicyclic) bond motifs is 3. The molecule has 3 aliphatic heterocycles. The number of ether oxygens (including phenoxy) is 1. The predicted octanol–water partition coefficient (Wildman–Crippen LogP) is 3.97. The van der Waals surface area contributed by atoms with Gasteiger partial charge in [0.05, 0.1) is 10.9 Å². The minimum absolute atomic E-state index is 0.0793. The first-order valence-corrected chi connectivity index (χ1v) is 14.8. The number of nitrogens with zero attached hydrogens (tertiary/aromatic N) is 4.